The number of amides is 1. The van der Waals surface area contributed by atoms with Gasteiger partial charge in [0, 0.05) is 12.6 Å². The van der Waals surface area contributed by atoms with Gasteiger partial charge in [0.2, 0.25) is 5.91 Å². The first-order valence-corrected chi connectivity index (χ1v) is 6.95. The largest absolute Gasteiger partial charge is 0.334 e. The van der Waals surface area contributed by atoms with Crippen molar-refractivity contribution < 1.29 is 9.18 Å². The van der Waals surface area contributed by atoms with Crippen LogP contribution in [0.1, 0.15) is 31.7 Å². The molecular weight excluding hydrogens is 243 g/mol. The van der Waals surface area contributed by atoms with E-state index in [1.807, 2.05) is 11.0 Å². The maximum Gasteiger partial charge on any atom is 0.237 e. The molecule has 0 saturated heterocycles. The summed E-state index contributed by atoms with van der Waals surface area (Å²) in [6.07, 6.45) is 3.14. The average molecular weight is 264 g/mol. The minimum absolute atomic E-state index is 0.111. The minimum Gasteiger partial charge on any atom is -0.334 e. The molecule has 0 aliphatic heterocycles. The summed E-state index contributed by atoms with van der Waals surface area (Å²) in [6.45, 7) is 3.81. The molecule has 1 aliphatic carbocycles. The molecule has 3 nitrogen and oxygen atoms in total. The number of hydrogen-bond donors (Lipinski definition) is 1. The Morgan fingerprint density at radius 3 is 2.89 bits per heavy atom. The number of nitrogens with zero attached hydrogens (tertiary/aromatic N) is 1. The number of rotatable bonds is 7. The first-order chi connectivity index (χ1) is 9.20. The molecule has 1 fully saturated rings. The third-order valence-corrected chi connectivity index (χ3v) is 3.25. The van der Waals surface area contributed by atoms with Gasteiger partial charge in [-0.15, -0.1) is 0 Å². The van der Waals surface area contributed by atoms with Gasteiger partial charge in [-0.05, 0) is 43.5 Å². The van der Waals surface area contributed by atoms with E-state index in [1.165, 1.54) is 12.1 Å². The Morgan fingerprint density at radius 1 is 1.47 bits per heavy atom. The lowest BCUT2D eigenvalue weighted by molar-refractivity contribution is -0.131. The molecule has 0 bridgehead atoms. The van der Waals surface area contributed by atoms with E-state index in [4.69, 9.17) is 0 Å². The molecule has 0 spiro atoms. The van der Waals surface area contributed by atoms with Crippen molar-refractivity contribution in [3.63, 3.8) is 0 Å². The molecule has 4 heteroatoms. The Bertz CT molecular complexity index is 432. The third-order valence-electron chi connectivity index (χ3n) is 3.25. The highest BCUT2D eigenvalue weighted by atomic mass is 19.1. The van der Waals surface area contributed by atoms with Gasteiger partial charge in [-0.3, -0.25) is 4.79 Å². The Morgan fingerprint density at radius 2 is 2.26 bits per heavy atom. The second kappa shape index (κ2) is 6.66. The molecule has 1 aliphatic rings. The number of benzene rings is 1. The van der Waals surface area contributed by atoms with Crippen LogP contribution in [0, 0.1) is 5.82 Å². The van der Waals surface area contributed by atoms with E-state index in [0.717, 1.165) is 31.4 Å². The van der Waals surface area contributed by atoms with Crippen LogP contribution in [0.15, 0.2) is 24.3 Å². The summed E-state index contributed by atoms with van der Waals surface area (Å²) in [6, 6.07) is 6.83. The summed E-state index contributed by atoms with van der Waals surface area (Å²) in [5, 5.41) is 3.13. The maximum absolute atomic E-state index is 13.2. The van der Waals surface area contributed by atoms with Crippen molar-refractivity contribution in [2.24, 2.45) is 0 Å². The summed E-state index contributed by atoms with van der Waals surface area (Å²) in [4.78, 5) is 14.0. The van der Waals surface area contributed by atoms with E-state index in [-0.39, 0.29) is 11.7 Å². The highest BCUT2D eigenvalue weighted by Crippen LogP contribution is 2.28. The summed E-state index contributed by atoms with van der Waals surface area (Å²) in [5.41, 5.74) is 0.857. The van der Waals surface area contributed by atoms with Gasteiger partial charge in [0.25, 0.3) is 0 Å². The zero-order valence-corrected chi connectivity index (χ0v) is 11.4. The molecule has 19 heavy (non-hydrogen) atoms. The molecule has 0 unspecified atom stereocenters. The van der Waals surface area contributed by atoms with E-state index < -0.39 is 0 Å². The lowest BCUT2D eigenvalue weighted by Gasteiger charge is -2.23. The van der Waals surface area contributed by atoms with E-state index in [2.05, 4.69) is 12.2 Å². The van der Waals surface area contributed by atoms with Gasteiger partial charge < -0.3 is 10.2 Å². The van der Waals surface area contributed by atoms with E-state index in [1.54, 1.807) is 6.07 Å². The summed E-state index contributed by atoms with van der Waals surface area (Å²) in [7, 11) is 0. The van der Waals surface area contributed by atoms with Gasteiger partial charge in [-0.2, -0.15) is 0 Å². The smallest absolute Gasteiger partial charge is 0.237 e. The average Bonchev–Trinajstić information content (AvgIpc) is 3.20. The van der Waals surface area contributed by atoms with Crippen molar-refractivity contribution in [3.05, 3.63) is 35.6 Å². The molecule has 0 radical (unpaired) electrons. The van der Waals surface area contributed by atoms with Crippen LogP contribution in [0.5, 0.6) is 0 Å². The summed E-state index contributed by atoms with van der Waals surface area (Å²) < 4.78 is 13.2. The Balaban J connectivity index is 1.94. The molecule has 1 amide bonds. The highest BCUT2D eigenvalue weighted by molar-refractivity contribution is 5.79. The minimum atomic E-state index is -0.246. The Hall–Kier alpha value is -1.42. The molecular formula is C15H21FN2O. The van der Waals surface area contributed by atoms with Gasteiger partial charge in [0.15, 0.2) is 0 Å². The van der Waals surface area contributed by atoms with Gasteiger partial charge >= 0.3 is 0 Å². The maximum atomic E-state index is 13.2. The quantitative estimate of drug-likeness (QED) is 0.767. The van der Waals surface area contributed by atoms with Crippen LogP contribution in [-0.2, 0) is 11.3 Å². The van der Waals surface area contributed by atoms with Gasteiger partial charge in [0.05, 0.1) is 6.54 Å². The highest BCUT2D eigenvalue weighted by Gasteiger charge is 2.32. The van der Waals surface area contributed by atoms with Crippen molar-refractivity contribution in [2.75, 3.05) is 13.1 Å². The summed E-state index contributed by atoms with van der Waals surface area (Å²) in [5.74, 6) is -0.134. The van der Waals surface area contributed by atoms with E-state index in [9.17, 15) is 9.18 Å². The molecule has 1 aromatic rings. The zero-order valence-electron chi connectivity index (χ0n) is 11.4. The molecule has 0 aromatic heterocycles. The predicted molar refractivity (Wildman–Crippen MR) is 73.1 cm³/mol. The molecule has 104 valence electrons. The Labute approximate surface area is 113 Å². The van der Waals surface area contributed by atoms with Crippen LogP contribution in [0.3, 0.4) is 0 Å². The molecule has 1 saturated carbocycles. The first kappa shape index (κ1) is 14.0. The van der Waals surface area contributed by atoms with Crippen molar-refractivity contribution in [2.45, 2.75) is 38.8 Å². The fraction of sp³-hybridized carbons (Fsp3) is 0.533. The van der Waals surface area contributed by atoms with Crippen molar-refractivity contribution >= 4 is 5.91 Å². The van der Waals surface area contributed by atoms with Crippen LogP contribution in [0.4, 0.5) is 4.39 Å². The number of carbonyl (C=O) groups excluding carboxylic acids is 1. The molecule has 1 aromatic carbocycles. The van der Waals surface area contributed by atoms with E-state index in [0.29, 0.717) is 19.1 Å². The lowest BCUT2D eigenvalue weighted by atomic mass is 10.2. The van der Waals surface area contributed by atoms with E-state index >= 15 is 0 Å². The second-order valence-electron chi connectivity index (χ2n) is 5.06. The van der Waals surface area contributed by atoms with Crippen LogP contribution in [0.25, 0.3) is 0 Å². The van der Waals surface area contributed by atoms with Crippen LogP contribution in [0.2, 0.25) is 0 Å². The van der Waals surface area contributed by atoms with Gasteiger partial charge in [-0.1, -0.05) is 19.1 Å². The SMILES string of the molecule is CCCNCC(=O)N(Cc1cccc(F)c1)C1CC1. The Kier molecular flexibility index (Phi) is 4.91. The summed E-state index contributed by atoms with van der Waals surface area (Å²) >= 11 is 0. The third kappa shape index (κ3) is 4.31. The molecule has 0 atom stereocenters. The fourth-order valence-corrected chi connectivity index (χ4v) is 2.11. The topological polar surface area (TPSA) is 32.3 Å². The number of halogens is 1. The number of carbonyl (C=O) groups is 1. The standard InChI is InChI=1S/C15H21FN2O/c1-2-8-17-10-15(19)18(14-6-7-14)11-12-4-3-5-13(16)9-12/h3-5,9,14,17H,2,6-8,10-11H2,1H3. The normalized spacial score (nSPS) is 14.4. The number of nitrogens with one attached hydrogen (secondary N) is 1. The molecule has 1 N–H and O–H groups in total. The first-order valence-electron chi connectivity index (χ1n) is 6.95. The van der Waals surface area contributed by atoms with Crippen LogP contribution in [-0.4, -0.2) is 29.9 Å². The van der Waals surface area contributed by atoms with Crippen molar-refractivity contribution in [1.82, 2.24) is 10.2 Å². The lowest BCUT2D eigenvalue weighted by Crippen LogP contribution is -2.39. The number of hydrogen-bond acceptors (Lipinski definition) is 2. The second-order valence-corrected chi connectivity index (χ2v) is 5.06. The van der Waals surface area contributed by atoms with Gasteiger partial charge in [0.1, 0.15) is 5.82 Å². The van der Waals surface area contributed by atoms with Gasteiger partial charge in [-0.25, -0.2) is 4.39 Å². The van der Waals surface area contributed by atoms with Crippen LogP contribution < -0.4 is 5.32 Å². The predicted octanol–water partition coefficient (Wildman–Crippen LogP) is 2.32. The van der Waals surface area contributed by atoms with Crippen molar-refractivity contribution in [1.29, 1.82) is 0 Å². The molecule has 2 rings (SSSR count). The molecule has 0 heterocycles. The zero-order chi connectivity index (χ0) is 13.7. The fourth-order valence-electron chi connectivity index (χ4n) is 2.11. The van der Waals surface area contributed by atoms with Crippen LogP contribution >= 0.6 is 0 Å². The monoisotopic (exact) mass is 264 g/mol. The van der Waals surface area contributed by atoms with Crippen molar-refractivity contribution in [3.8, 4) is 0 Å².